The predicted octanol–water partition coefficient (Wildman–Crippen LogP) is 2.49. The number of nitrogens with zero attached hydrogens (tertiary/aromatic N) is 1. The Kier molecular flexibility index (Phi) is 5.97. The molecule has 0 radical (unpaired) electrons. The monoisotopic (exact) mass is 401 g/mol. The maximum absolute atomic E-state index is 10.5. The molecule has 2 aliphatic rings. The van der Waals surface area contributed by atoms with Crippen LogP contribution in [0.15, 0.2) is 36.4 Å². The van der Waals surface area contributed by atoms with Crippen LogP contribution in [0.4, 0.5) is 0 Å². The quantitative estimate of drug-likeness (QED) is 0.798. The van der Waals surface area contributed by atoms with E-state index in [2.05, 4.69) is 11.0 Å². The second kappa shape index (κ2) is 8.80. The first-order valence-corrected chi connectivity index (χ1v) is 9.84. The third-order valence-corrected chi connectivity index (χ3v) is 5.26. The summed E-state index contributed by atoms with van der Waals surface area (Å²) in [6.07, 6.45) is -0.179. The highest BCUT2D eigenvalue weighted by Gasteiger charge is 2.30. The molecule has 0 bridgehead atoms. The van der Waals surface area contributed by atoms with Crippen molar-refractivity contribution in [2.45, 2.75) is 25.2 Å². The Bertz CT molecular complexity index is 842. The summed E-state index contributed by atoms with van der Waals surface area (Å²) in [4.78, 5) is 2.28. The molecule has 1 saturated heterocycles. The Morgan fingerprint density at radius 3 is 2.59 bits per heavy atom. The molecule has 0 amide bonds. The SMILES string of the molecule is COc1ccc(O[C@@H]2CN(Cc3ccc4c(c3)OCCO4)CC[C@H]2O)cc1OC. The van der Waals surface area contributed by atoms with Gasteiger partial charge in [-0.25, -0.2) is 0 Å². The van der Waals surface area contributed by atoms with E-state index >= 15 is 0 Å². The van der Waals surface area contributed by atoms with Crippen molar-refractivity contribution in [3.8, 4) is 28.7 Å². The Morgan fingerprint density at radius 1 is 1.00 bits per heavy atom. The molecule has 1 fully saturated rings. The van der Waals surface area contributed by atoms with Gasteiger partial charge in [-0.1, -0.05) is 6.07 Å². The zero-order chi connectivity index (χ0) is 20.2. The summed E-state index contributed by atoms with van der Waals surface area (Å²) in [7, 11) is 3.19. The first kappa shape index (κ1) is 19.7. The van der Waals surface area contributed by atoms with Crippen molar-refractivity contribution >= 4 is 0 Å². The van der Waals surface area contributed by atoms with E-state index in [0.29, 0.717) is 43.4 Å². The number of aliphatic hydroxyl groups is 1. The highest BCUT2D eigenvalue weighted by Crippen LogP contribution is 2.33. The van der Waals surface area contributed by atoms with Crippen molar-refractivity contribution in [1.82, 2.24) is 4.90 Å². The maximum Gasteiger partial charge on any atom is 0.164 e. The normalized spacial score (nSPS) is 21.5. The van der Waals surface area contributed by atoms with Crippen molar-refractivity contribution in [1.29, 1.82) is 0 Å². The molecule has 1 N–H and O–H groups in total. The minimum atomic E-state index is -0.514. The van der Waals surface area contributed by atoms with Crippen LogP contribution in [0, 0.1) is 0 Å². The summed E-state index contributed by atoms with van der Waals surface area (Å²) in [6, 6.07) is 11.5. The van der Waals surface area contributed by atoms with Crippen LogP contribution < -0.4 is 23.7 Å². The summed E-state index contributed by atoms with van der Waals surface area (Å²) < 4.78 is 28.0. The smallest absolute Gasteiger partial charge is 0.164 e. The predicted molar refractivity (Wildman–Crippen MR) is 107 cm³/mol. The lowest BCUT2D eigenvalue weighted by Gasteiger charge is -2.36. The van der Waals surface area contributed by atoms with Gasteiger partial charge in [0, 0.05) is 25.7 Å². The van der Waals surface area contributed by atoms with Crippen LogP contribution in [0.5, 0.6) is 28.7 Å². The Hall–Kier alpha value is -2.64. The maximum atomic E-state index is 10.5. The van der Waals surface area contributed by atoms with Gasteiger partial charge < -0.3 is 28.8 Å². The van der Waals surface area contributed by atoms with E-state index < -0.39 is 6.10 Å². The van der Waals surface area contributed by atoms with Crippen molar-refractivity contribution in [3.05, 3.63) is 42.0 Å². The summed E-state index contributed by atoms with van der Waals surface area (Å²) in [5.41, 5.74) is 1.15. The fourth-order valence-electron chi connectivity index (χ4n) is 3.74. The molecule has 0 aliphatic carbocycles. The second-order valence-corrected chi connectivity index (χ2v) is 7.24. The number of fused-ring (bicyclic) bond motifs is 1. The van der Waals surface area contributed by atoms with Gasteiger partial charge >= 0.3 is 0 Å². The van der Waals surface area contributed by atoms with E-state index in [1.165, 1.54) is 0 Å². The fraction of sp³-hybridized carbons (Fsp3) is 0.455. The third kappa shape index (κ3) is 4.52. The van der Waals surface area contributed by atoms with E-state index in [1.54, 1.807) is 26.4 Å². The average molecular weight is 401 g/mol. The van der Waals surface area contributed by atoms with E-state index in [9.17, 15) is 5.11 Å². The van der Waals surface area contributed by atoms with Gasteiger partial charge in [0.05, 0.1) is 20.3 Å². The van der Waals surface area contributed by atoms with Crippen LogP contribution >= 0.6 is 0 Å². The molecule has 0 aromatic heterocycles. The van der Waals surface area contributed by atoms with E-state index in [1.807, 2.05) is 18.2 Å². The van der Waals surface area contributed by atoms with Crippen molar-refractivity contribution < 1.29 is 28.8 Å². The number of ether oxygens (including phenoxy) is 5. The molecular weight excluding hydrogens is 374 g/mol. The largest absolute Gasteiger partial charge is 0.493 e. The molecule has 29 heavy (non-hydrogen) atoms. The van der Waals surface area contributed by atoms with Crippen molar-refractivity contribution in [2.24, 2.45) is 0 Å². The number of hydrogen-bond acceptors (Lipinski definition) is 7. The van der Waals surface area contributed by atoms with Gasteiger partial charge in [0.25, 0.3) is 0 Å². The molecule has 2 atom stereocenters. The zero-order valence-corrected chi connectivity index (χ0v) is 16.8. The number of rotatable bonds is 6. The van der Waals surface area contributed by atoms with E-state index in [4.69, 9.17) is 23.7 Å². The number of likely N-dealkylation sites (tertiary alicyclic amines) is 1. The molecule has 4 rings (SSSR count). The molecule has 0 saturated carbocycles. The van der Waals surface area contributed by atoms with Gasteiger partial charge in [-0.05, 0) is 36.2 Å². The van der Waals surface area contributed by atoms with Crippen LogP contribution in [0.3, 0.4) is 0 Å². The lowest BCUT2D eigenvalue weighted by molar-refractivity contribution is -0.0268. The molecule has 7 nitrogen and oxygen atoms in total. The van der Waals surface area contributed by atoms with Gasteiger partial charge in [0.15, 0.2) is 23.0 Å². The Labute approximate surface area is 170 Å². The van der Waals surface area contributed by atoms with Gasteiger partial charge in [0.2, 0.25) is 0 Å². The van der Waals surface area contributed by atoms with Gasteiger partial charge in [-0.2, -0.15) is 0 Å². The first-order chi connectivity index (χ1) is 14.2. The molecule has 2 aliphatic heterocycles. The third-order valence-electron chi connectivity index (χ3n) is 5.26. The Balaban J connectivity index is 1.42. The number of piperidine rings is 1. The molecule has 2 aromatic carbocycles. The Morgan fingerprint density at radius 2 is 1.79 bits per heavy atom. The highest BCUT2D eigenvalue weighted by atomic mass is 16.6. The van der Waals surface area contributed by atoms with E-state index in [-0.39, 0.29) is 6.10 Å². The van der Waals surface area contributed by atoms with Crippen molar-refractivity contribution in [2.75, 3.05) is 40.5 Å². The molecule has 7 heteroatoms. The zero-order valence-electron chi connectivity index (χ0n) is 16.8. The first-order valence-electron chi connectivity index (χ1n) is 9.84. The molecule has 0 spiro atoms. The summed E-state index contributed by atoms with van der Waals surface area (Å²) in [6.45, 7) is 3.36. The highest BCUT2D eigenvalue weighted by molar-refractivity contribution is 5.46. The minimum Gasteiger partial charge on any atom is -0.493 e. The average Bonchev–Trinajstić information content (AvgIpc) is 2.76. The molecular formula is C22H27NO6. The number of methoxy groups -OCH3 is 2. The van der Waals surface area contributed by atoms with Crippen LogP contribution in [-0.4, -0.2) is 62.7 Å². The van der Waals surface area contributed by atoms with Crippen LogP contribution in [0.1, 0.15) is 12.0 Å². The van der Waals surface area contributed by atoms with Crippen LogP contribution in [-0.2, 0) is 6.54 Å². The molecule has 0 unspecified atom stereocenters. The molecule has 2 heterocycles. The second-order valence-electron chi connectivity index (χ2n) is 7.24. The summed E-state index contributed by atoms with van der Waals surface area (Å²) in [5.74, 6) is 3.48. The summed E-state index contributed by atoms with van der Waals surface area (Å²) in [5, 5.41) is 10.5. The topological polar surface area (TPSA) is 69.6 Å². The molecule has 156 valence electrons. The number of aliphatic hydroxyl groups excluding tert-OH is 1. The van der Waals surface area contributed by atoms with Crippen LogP contribution in [0.2, 0.25) is 0 Å². The van der Waals surface area contributed by atoms with Crippen molar-refractivity contribution in [3.63, 3.8) is 0 Å². The van der Waals surface area contributed by atoms with Gasteiger partial charge in [-0.3, -0.25) is 4.90 Å². The van der Waals surface area contributed by atoms with Gasteiger partial charge in [0.1, 0.15) is 25.1 Å². The summed E-state index contributed by atoms with van der Waals surface area (Å²) >= 11 is 0. The van der Waals surface area contributed by atoms with Gasteiger partial charge in [-0.15, -0.1) is 0 Å². The molecule has 2 aromatic rings. The lowest BCUT2D eigenvalue weighted by atomic mass is 10.0. The number of hydrogen-bond donors (Lipinski definition) is 1. The fourth-order valence-corrected chi connectivity index (χ4v) is 3.74. The van der Waals surface area contributed by atoms with E-state index in [0.717, 1.165) is 30.2 Å². The minimum absolute atomic E-state index is 0.320. The lowest BCUT2D eigenvalue weighted by Crippen LogP contribution is -2.49. The number of benzene rings is 2. The van der Waals surface area contributed by atoms with Crippen LogP contribution in [0.25, 0.3) is 0 Å². The standard InChI is InChI=1S/C22H27NO6/c1-25-18-6-4-16(12-20(18)26-2)29-22-14-23(8-7-17(22)24)13-15-3-5-19-21(11-15)28-10-9-27-19/h3-6,11-12,17,22,24H,7-10,13-14H2,1-2H3/t17-,22-/m1/s1.